The molecule has 0 radical (unpaired) electrons. The molecule has 2 aromatic rings. The quantitative estimate of drug-likeness (QED) is 0.934. The van der Waals surface area contributed by atoms with E-state index in [0.29, 0.717) is 0 Å². The molecule has 0 saturated heterocycles. The summed E-state index contributed by atoms with van der Waals surface area (Å²) in [5.41, 5.74) is 0.732. The van der Waals surface area contributed by atoms with Crippen LogP contribution in [-0.4, -0.2) is 12.2 Å². The van der Waals surface area contributed by atoms with Crippen molar-refractivity contribution >= 4 is 27.3 Å². The Morgan fingerprint density at radius 2 is 1.88 bits per heavy atom. The Labute approximate surface area is 113 Å². The minimum atomic E-state index is -0.995. The second kappa shape index (κ2) is 4.80. The first-order chi connectivity index (χ1) is 8.05. The van der Waals surface area contributed by atoms with E-state index in [0.717, 1.165) is 21.3 Å². The van der Waals surface area contributed by atoms with Gasteiger partial charge < -0.3 is 9.84 Å². The molecule has 0 amide bonds. The highest BCUT2D eigenvalue weighted by atomic mass is 79.9. The minimum absolute atomic E-state index is 0.786. The normalized spacial score (nSPS) is 14.4. The molecule has 0 aliphatic carbocycles. The Hall–Kier alpha value is -0.840. The molecule has 0 aliphatic rings. The number of methoxy groups -OCH3 is 1. The topological polar surface area (TPSA) is 29.5 Å². The Morgan fingerprint density at radius 3 is 2.35 bits per heavy atom. The van der Waals surface area contributed by atoms with Gasteiger partial charge in [0.2, 0.25) is 0 Å². The maximum absolute atomic E-state index is 10.6. The van der Waals surface area contributed by atoms with Crippen LogP contribution in [0.4, 0.5) is 0 Å². The molecule has 0 bridgehead atoms. The maximum atomic E-state index is 10.6. The van der Waals surface area contributed by atoms with E-state index in [9.17, 15) is 5.11 Å². The van der Waals surface area contributed by atoms with E-state index in [2.05, 4.69) is 15.9 Å². The molecule has 1 aromatic heterocycles. The van der Waals surface area contributed by atoms with E-state index in [1.807, 2.05) is 35.0 Å². The molecule has 1 N–H and O–H groups in total. The molecule has 17 heavy (non-hydrogen) atoms. The van der Waals surface area contributed by atoms with Gasteiger partial charge in [0, 0.05) is 15.4 Å². The summed E-state index contributed by atoms with van der Waals surface area (Å²) in [6, 6.07) is 7.46. The summed E-state index contributed by atoms with van der Waals surface area (Å²) in [5, 5.41) is 14.5. The lowest BCUT2D eigenvalue weighted by Gasteiger charge is -2.24. The average Bonchev–Trinajstić information content (AvgIpc) is 2.76. The number of ether oxygens (including phenoxy) is 1. The summed E-state index contributed by atoms with van der Waals surface area (Å²) < 4.78 is 6.04. The highest BCUT2D eigenvalue weighted by molar-refractivity contribution is 9.10. The summed E-state index contributed by atoms with van der Waals surface area (Å²) in [5.74, 6) is 0.786. The van der Waals surface area contributed by atoms with Gasteiger partial charge in [0.1, 0.15) is 11.4 Å². The Kier molecular flexibility index (Phi) is 3.56. The largest absolute Gasteiger partial charge is 0.497 e. The van der Waals surface area contributed by atoms with Gasteiger partial charge in [-0.2, -0.15) is 11.3 Å². The molecule has 1 aromatic carbocycles. The molecular formula is C13H13BrO2S. The van der Waals surface area contributed by atoms with Crippen molar-refractivity contribution in [1.82, 2.24) is 0 Å². The predicted octanol–water partition coefficient (Wildman–Crippen LogP) is 3.78. The Balaban J connectivity index is 2.40. The summed E-state index contributed by atoms with van der Waals surface area (Å²) in [6.07, 6.45) is 0. The molecule has 4 heteroatoms. The SMILES string of the molecule is COc1ccc(C(C)(O)c2cscc2Br)cc1. The van der Waals surface area contributed by atoms with Crippen molar-refractivity contribution in [2.75, 3.05) is 7.11 Å². The van der Waals surface area contributed by atoms with Gasteiger partial charge in [-0.1, -0.05) is 12.1 Å². The lowest BCUT2D eigenvalue weighted by Crippen LogP contribution is -2.22. The third kappa shape index (κ3) is 2.39. The van der Waals surface area contributed by atoms with Gasteiger partial charge in [-0.05, 0) is 45.9 Å². The molecule has 1 atom stereocenters. The molecule has 0 fully saturated rings. The summed E-state index contributed by atoms with van der Waals surface area (Å²) in [4.78, 5) is 0. The summed E-state index contributed by atoms with van der Waals surface area (Å²) in [6.45, 7) is 1.79. The smallest absolute Gasteiger partial charge is 0.118 e. The first-order valence-electron chi connectivity index (χ1n) is 5.15. The number of benzene rings is 1. The lowest BCUT2D eigenvalue weighted by atomic mass is 9.90. The fourth-order valence-electron chi connectivity index (χ4n) is 1.70. The van der Waals surface area contributed by atoms with Gasteiger partial charge in [-0.3, -0.25) is 0 Å². The Morgan fingerprint density at radius 1 is 1.24 bits per heavy atom. The molecule has 2 rings (SSSR count). The van der Waals surface area contributed by atoms with Crippen LogP contribution in [-0.2, 0) is 5.60 Å². The highest BCUT2D eigenvalue weighted by Gasteiger charge is 2.28. The molecule has 2 nitrogen and oxygen atoms in total. The van der Waals surface area contributed by atoms with Crippen molar-refractivity contribution in [3.63, 3.8) is 0 Å². The van der Waals surface area contributed by atoms with Crippen molar-refractivity contribution < 1.29 is 9.84 Å². The van der Waals surface area contributed by atoms with Crippen LogP contribution in [0.15, 0.2) is 39.5 Å². The Bertz CT molecular complexity index is 502. The van der Waals surface area contributed by atoms with Crippen molar-refractivity contribution in [3.05, 3.63) is 50.6 Å². The van der Waals surface area contributed by atoms with E-state index >= 15 is 0 Å². The molecular weight excluding hydrogens is 300 g/mol. The zero-order valence-corrected chi connectivity index (χ0v) is 12.0. The van der Waals surface area contributed by atoms with E-state index in [-0.39, 0.29) is 0 Å². The second-order valence-corrected chi connectivity index (χ2v) is 5.53. The number of rotatable bonds is 3. The predicted molar refractivity (Wildman–Crippen MR) is 73.7 cm³/mol. The van der Waals surface area contributed by atoms with Crippen LogP contribution in [0.2, 0.25) is 0 Å². The van der Waals surface area contributed by atoms with Crippen molar-refractivity contribution in [3.8, 4) is 5.75 Å². The molecule has 1 heterocycles. The number of hydrogen-bond acceptors (Lipinski definition) is 3. The summed E-state index contributed by atoms with van der Waals surface area (Å²) >= 11 is 5.02. The minimum Gasteiger partial charge on any atom is -0.497 e. The number of thiophene rings is 1. The highest BCUT2D eigenvalue weighted by Crippen LogP contribution is 2.36. The lowest BCUT2D eigenvalue weighted by molar-refractivity contribution is 0.102. The van der Waals surface area contributed by atoms with Crippen LogP contribution >= 0.6 is 27.3 Å². The first kappa shape index (κ1) is 12.6. The zero-order valence-electron chi connectivity index (χ0n) is 9.61. The van der Waals surface area contributed by atoms with Crippen LogP contribution in [0.5, 0.6) is 5.75 Å². The van der Waals surface area contributed by atoms with Crippen LogP contribution in [0.3, 0.4) is 0 Å². The van der Waals surface area contributed by atoms with Crippen LogP contribution in [0.1, 0.15) is 18.1 Å². The van der Waals surface area contributed by atoms with Crippen molar-refractivity contribution in [2.45, 2.75) is 12.5 Å². The van der Waals surface area contributed by atoms with Gasteiger partial charge in [0.25, 0.3) is 0 Å². The second-order valence-electron chi connectivity index (χ2n) is 3.93. The van der Waals surface area contributed by atoms with Gasteiger partial charge in [-0.25, -0.2) is 0 Å². The van der Waals surface area contributed by atoms with Crippen molar-refractivity contribution in [2.24, 2.45) is 0 Å². The third-order valence-corrected chi connectivity index (χ3v) is 4.49. The molecule has 90 valence electrons. The van der Waals surface area contributed by atoms with E-state index in [1.54, 1.807) is 25.4 Å². The van der Waals surface area contributed by atoms with Gasteiger partial charge in [0.05, 0.1) is 7.11 Å². The van der Waals surface area contributed by atoms with Crippen molar-refractivity contribution in [1.29, 1.82) is 0 Å². The molecule has 0 aliphatic heterocycles. The molecule has 0 saturated carbocycles. The third-order valence-electron chi connectivity index (χ3n) is 2.79. The van der Waals surface area contributed by atoms with E-state index < -0.39 is 5.60 Å². The fourth-order valence-corrected chi connectivity index (χ4v) is 3.48. The fraction of sp³-hybridized carbons (Fsp3) is 0.231. The number of hydrogen-bond donors (Lipinski definition) is 1. The molecule has 0 spiro atoms. The first-order valence-corrected chi connectivity index (χ1v) is 6.88. The number of halogens is 1. The van der Waals surface area contributed by atoms with Gasteiger partial charge in [-0.15, -0.1) is 0 Å². The summed E-state index contributed by atoms with van der Waals surface area (Å²) in [7, 11) is 1.63. The van der Waals surface area contributed by atoms with Crippen LogP contribution in [0.25, 0.3) is 0 Å². The van der Waals surface area contributed by atoms with Crippen LogP contribution in [0, 0.1) is 0 Å². The zero-order chi connectivity index (χ0) is 12.5. The standard InChI is InChI=1S/C13H13BrO2S/c1-13(15,11-7-17-8-12(11)14)9-3-5-10(16-2)6-4-9/h3-8,15H,1-2H3. The monoisotopic (exact) mass is 312 g/mol. The van der Waals surface area contributed by atoms with Gasteiger partial charge >= 0.3 is 0 Å². The number of aliphatic hydroxyl groups is 1. The average molecular weight is 313 g/mol. The van der Waals surface area contributed by atoms with Gasteiger partial charge in [0.15, 0.2) is 0 Å². The van der Waals surface area contributed by atoms with E-state index in [4.69, 9.17) is 4.74 Å². The maximum Gasteiger partial charge on any atom is 0.118 e. The van der Waals surface area contributed by atoms with E-state index in [1.165, 1.54) is 0 Å². The molecule has 1 unspecified atom stereocenters. The van der Waals surface area contributed by atoms with Crippen LogP contribution < -0.4 is 4.74 Å².